The van der Waals surface area contributed by atoms with Crippen molar-refractivity contribution < 1.29 is 5.11 Å². The summed E-state index contributed by atoms with van der Waals surface area (Å²) in [6.07, 6.45) is 2.18. The Morgan fingerprint density at radius 2 is 2.14 bits per heavy atom. The molecule has 0 bridgehead atoms. The molecule has 3 N–H and O–H groups in total. The van der Waals surface area contributed by atoms with Crippen molar-refractivity contribution in [1.29, 1.82) is 0 Å². The van der Waals surface area contributed by atoms with Crippen LogP contribution in [0, 0.1) is 0 Å². The van der Waals surface area contributed by atoms with Crippen molar-refractivity contribution in [1.82, 2.24) is 0 Å². The summed E-state index contributed by atoms with van der Waals surface area (Å²) in [5.74, 6) is 0.208. The highest BCUT2D eigenvalue weighted by Gasteiger charge is 2.48. The lowest BCUT2D eigenvalue weighted by molar-refractivity contribution is 0.474. The summed E-state index contributed by atoms with van der Waals surface area (Å²) in [4.78, 5) is 0. The fraction of sp³-hybridized carbons (Fsp3) is 0.455. The lowest BCUT2D eigenvalue weighted by Gasteiger charge is -2.21. The van der Waals surface area contributed by atoms with E-state index < -0.39 is 0 Å². The Hall–Kier alpha value is -0.730. The fourth-order valence-electron chi connectivity index (χ4n) is 2.01. The highest BCUT2D eigenvalue weighted by Crippen LogP contribution is 2.52. The van der Waals surface area contributed by atoms with Crippen molar-refractivity contribution in [3.63, 3.8) is 0 Å². The third-order valence-electron chi connectivity index (χ3n) is 3.15. The van der Waals surface area contributed by atoms with E-state index in [4.69, 9.17) is 17.3 Å². The molecule has 2 nitrogen and oxygen atoms in total. The highest BCUT2D eigenvalue weighted by molar-refractivity contribution is 6.31. The predicted octanol–water partition coefficient (Wildman–Crippen LogP) is 2.42. The smallest absolute Gasteiger partial charge is 0.117 e. The molecule has 1 unspecified atom stereocenters. The lowest BCUT2D eigenvalue weighted by Crippen LogP contribution is -2.31. The number of rotatable bonds is 2. The molecule has 0 aromatic heterocycles. The molecule has 1 aromatic rings. The Balaban J connectivity index is 2.42. The van der Waals surface area contributed by atoms with Gasteiger partial charge in [0, 0.05) is 16.5 Å². The summed E-state index contributed by atoms with van der Waals surface area (Å²) in [5.41, 5.74) is 7.09. The molecule has 76 valence electrons. The first-order chi connectivity index (χ1) is 6.56. The molecule has 1 aliphatic carbocycles. The van der Waals surface area contributed by atoms with Gasteiger partial charge in [0.15, 0.2) is 0 Å². The van der Waals surface area contributed by atoms with E-state index in [1.165, 1.54) is 0 Å². The molecular formula is C11H14ClNO. The van der Waals surface area contributed by atoms with Crippen LogP contribution in [-0.4, -0.2) is 11.1 Å². The molecule has 14 heavy (non-hydrogen) atoms. The molecule has 2 rings (SSSR count). The van der Waals surface area contributed by atoms with Crippen molar-refractivity contribution in [3.05, 3.63) is 28.8 Å². The maximum Gasteiger partial charge on any atom is 0.117 e. The first kappa shape index (κ1) is 9.81. The minimum absolute atomic E-state index is 0.0603. The molecule has 0 spiro atoms. The van der Waals surface area contributed by atoms with E-state index in [2.05, 4.69) is 0 Å². The summed E-state index contributed by atoms with van der Waals surface area (Å²) >= 11 is 6.08. The second-order valence-corrected chi connectivity index (χ2v) is 4.52. The van der Waals surface area contributed by atoms with Crippen LogP contribution >= 0.6 is 11.6 Å². The predicted molar refractivity (Wildman–Crippen MR) is 57.7 cm³/mol. The number of nitrogens with two attached hydrogens (primary N) is 1. The molecule has 0 amide bonds. The van der Waals surface area contributed by atoms with Crippen molar-refractivity contribution in [2.24, 2.45) is 5.73 Å². The third-order valence-corrected chi connectivity index (χ3v) is 3.46. The van der Waals surface area contributed by atoms with Gasteiger partial charge in [-0.1, -0.05) is 17.7 Å². The summed E-state index contributed by atoms with van der Waals surface area (Å²) < 4.78 is 0. The highest BCUT2D eigenvalue weighted by atomic mass is 35.5. The van der Waals surface area contributed by atoms with E-state index in [1.807, 2.05) is 13.0 Å². The summed E-state index contributed by atoms with van der Waals surface area (Å²) in [6.45, 7) is 2.01. The van der Waals surface area contributed by atoms with E-state index in [0.717, 1.165) is 18.4 Å². The van der Waals surface area contributed by atoms with Gasteiger partial charge in [-0.05, 0) is 37.5 Å². The topological polar surface area (TPSA) is 46.2 Å². The molecule has 0 aliphatic heterocycles. The van der Waals surface area contributed by atoms with Gasteiger partial charge in [-0.25, -0.2) is 0 Å². The maximum absolute atomic E-state index is 9.25. The van der Waals surface area contributed by atoms with Gasteiger partial charge in [0.05, 0.1) is 0 Å². The number of phenols is 1. The zero-order valence-electron chi connectivity index (χ0n) is 8.13. The molecular weight excluding hydrogens is 198 g/mol. The Kier molecular flexibility index (Phi) is 2.20. The third kappa shape index (κ3) is 1.39. The Bertz CT molecular complexity index is 358. The Labute approximate surface area is 88.7 Å². The Morgan fingerprint density at radius 1 is 1.50 bits per heavy atom. The lowest BCUT2D eigenvalue weighted by atomic mass is 9.89. The van der Waals surface area contributed by atoms with Crippen LogP contribution in [0.4, 0.5) is 0 Å². The second-order valence-electron chi connectivity index (χ2n) is 4.11. The van der Waals surface area contributed by atoms with Gasteiger partial charge in [-0.3, -0.25) is 0 Å². The standard InChI is InChI=1S/C11H14ClNO/c1-7(13)11(4-5-11)9-3-2-8(14)6-10(9)12/h2-3,6-7,14H,4-5,13H2,1H3. The number of phenolic OH excluding ortho intramolecular Hbond substituents is 1. The summed E-state index contributed by atoms with van der Waals surface area (Å²) in [7, 11) is 0. The number of hydrogen-bond donors (Lipinski definition) is 2. The maximum atomic E-state index is 9.25. The minimum atomic E-state index is 0.0603. The van der Waals surface area contributed by atoms with Gasteiger partial charge >= 0.3 is 0 Å². The number of benzene rings is 1. The molecule has 0 heterocycles. The minimum Gasteiger partial charge on any atom is -0.508 e. The van der Waals surface area contributed by atoms with E-state index in [1.54, 1.807) is 12.1 Å². The van der Waals surface area contributed by atoms with Crippen molar-refractivity contribution in [2.45, 2.75) is 31.2 Å². The number of aromatic hydroxyl groups is 1. The van der Waals surface area contributed by atoms with Gasteiger partial charge in [0.1, 0.15) is 5.75 Å². The summed E-state index contributed by atoms with van der Waals surface area (Å²) in [5, 5.41) is 9.87. The van der Waals surface area contributed by atoms with Gasteiger partial charge < -0.3 is 10.8 Å². The van der Waals surface area contributed by atoms with Crippen LogP contribution in [0.25, 0.3) is 0 Å². The molecule has 1 fully saturated rings. The van der Waals surface area contributed by atoms with Crippen LogP contribution in [0.5, 0.6) is 5.75 Å². The molecule has 1 atom stereocenters. The van der Waals surface area contributed by atoms with E-state index in [9.17, 15) is 5.11 Å². The van der Waals surface area contributed by atoms with Crippen LogP contribution in [0.15, 0.2) is 18.2 Å². The average Bonchev–Trinajstić information content (AvgIpc) is 2.84. The monoisotopic (exact) mass is 211 g/mol. The zero-order chi connectivity index (χ0) is 10.3. The van der Waals surface area contributed by atoms with Gasteiger partial charge in [-0.15, -0.1) is 0 Å². The van der Waals surface area contributed by atoms with E-state index >= 15 is 0 Å². The number of halogens is 1. The van der Waals surface area contributed by atoms with Crippen LogP contribution < -0.4 is 5.73 Å². The van der Waals surface area contributed by atoms with Crippen LogP contribution in [0.2, 0.25) is 5.02 Å². The quantitative estimate of drug-likeness (QED) is 0.789. The number of hydrogen-bond acceptors (Lipinski definition) is 2. The van der Waals surface area contributed by atoms with Gasteiger partial charge in [-0.2, -0.15) is 0 Å². The largest absolute Gasteiger partial charge is 0.508 e. The molecule has 0 saturated heterocycles. The SMILES string of the molecule is CC(N)C1(c2ccc(O)cc2Cl)CC1. The van der Waals surface area contributed by atoms with Crippen LogP contribution in [0.3, 0.4) is 0 Å². The second kappa shape index (κ2) is 3.14. The molecule has 1 aromatic carbocycles. The van der Waals surface area contributed by atoms with Crippen molar-refractivity contribution >= 4 is 11.6 Å². The fourth-order valence-corrected chi connectivity index (χ4v) is 2.38. The Morgan fingerprint density at radius 3 is 2.57 bits per heavy atom. The summed E-state index contributed by atoms with van der Waals surface area (Å²) in [6, 6.07) is 5.25. The zero-order valence-corrected chi connectivity index (χ0v) is 8.88. The molecule has 0 radical (unpaired) electrons. The average molecular weight is 212 g/mol. The molecule has 3 heteroatoms. The van der Waals surface area contributed by atoms with Gasteiger partial charge in [0.25, 0.3) is 0 Å². The molecule has 1 aliphatic rings. The van der Waals surface area contributed by atoms with Crippen LogP contribution in [-0.2, 0) is 5.41 Å². The first-order valence-corrected chi connectivity index (χ1v) is 5.19. The van der Waals surface area contributed by atoms with Crippen molar-refractivity contribution in [2.75, 3.05) is 0 Å². The molecule has 1 saturated carbocycles. The van der Waals surface area contributed by atoms with Gasteiger partial charge in [0.2, 0.25) is 0 Å². The van der Waals surface area contributed by atoms with E-state index in [-0.39, 0.29) is 17.2 Å². The first-order valence-electron chi connectivity index (χ1n) is 4.81. The normalized spacial score (nSPS) is 20.5. The van der Waals surface area contributed by atoms with Crippen molar-refractivity contribution in [3.8, 4) is 5.75 Å². The van der Waals surface area contributed by atoms with Crippen LogP contribution in [0.1, 0.15) is 25.3 Å². The van der Waals surface area contributed by atoms with E-state index in [0.29, 0.717) is 5.02 Å².